The number of nitrogens with zero attached hydrogens (tertiary/aromatic N) is 1. The number of ether oxygens (including phenoxy) is 3. The van der Waals surface area contributed by atoms with Crippen molar-refractivity contribution in [1.82, 2.24) is 4.90 Å². The van der Waals surface area contributed by atoms with E-state index >= 15 is 0 Å². The van der Waals surface area contributed by atoms with Gasteiger partial charge in [-0.15, -0.1) is 11.8 Å². The molecule has 4 rings (SSSR count). The molecule has 7 heteroatoms. The summed E-state index contributed by atoms with van der Waals surface area (Å²) in [7, 11) is 0. The van der Waals surface area contributed by atoms with E-state index in [1.54, 1.807) is 16.7 Å². The van der Waals surface area contributed by atoms with Crippen LogP contribution in [0.4, 0.5) is 4.79 Å². The van der Waals surface area contributed by atoms with Crippen LogP contribution in [0.3, 0.4) is 0 Å². The van der Waals surface area contributed by atoms with Gasteiger partial charge in [0.05, 0.1) is 12.6 Å². The van der Waals surface area contributed by atoms with Crippen LogP contribution in [0, 0.1) is 0 Å². The van der Waals surface area contributed by atoms with Gasteiger partial charge in [0.25, 0.3) is 0 Å². The van der Waals surface area contributed by atoms with E-state index in [2.05, 4.69) is 0 Å². The zero-order chi connectivity index (χ0) is 25.4. The molecular weight excluding hydrogens is 474 g/mol. The number of rotatable bonds is 10. The van der Waals surface area contributed by atoms with Gasteiger partial charge in [0, 0.05) is 17.2 Å². The Morgan fingerprint density at radius 3 is 2.14 bits per heavy atom. The lowest BCUT2D eigenvalue weighted by molar-refractivity contribution is -0.153. The fourth-order valence-electron chi connectivity index (χ4n) is 4.29. The van der Waals surface area contributed by atoms with E-state index in [1.807, 2.05) is 105 Å². The molecule has 1 aliphatic rings. The summed E-state index contributed by atoms with van der Waals surface area (Å²) in [6, 6.07) is 29.0. The highest BCUT2D eigenvalue weighted by Gasteiger charge is 2.47. The fourth-order valence-corrected chi connectivity index (χ4v) is 5.37. The van der Waals surface area contributed by atoms with Gasteiger partial charge in [-0.05, 0) is 37.1 Å². The van der Waals surface area contributed by atoms with Gasteiger partial charge in [0.1, 0.15) is 18.8 Å². The molecule has 0 unspecified atom stereocenters. The standard InChI is InChI=1S/C29H33NO5S/c1-29(2)34-26(19-31)27(35-29)25(21-36-24-16-10-5-11-17-24)30(18-22-12-6-3-7-13-22)28(32)33-20-23-14-8-4-9-15-23/h3-17,25-27,31H,18-21H2,1-2H3/t25-,26+,27+/m1/s1. The van der Waals surface area contributed by atoms with Crippen molar-refractivity contribution in [3.05, 3.63) is 102 Å². The monoisotopic (exact) mass is 507 g/mol. The lowest BCUT2D eigenvalue weighted by Crippen LogP contribution is -2.52. The summed E-state index contributed by atoms with van der Waals surface area (Å²) in [6.45, 7) is 3.95. The van der Waals surface area contributed by atoms with E-state index in [0.29, 0.717) is 12.3 Å². The molecule has 0 radical (unpaired) electrons. The van der Waals surface area contributed by atoms with E-state index in [1.165, 1.54) is 0 Å². The number of aliphatic hydroxyl groups is 1. The average molecular weight is 508 g/mol. The Balaban J connectivity index is 1.63. The second-order valence-electron chi connectivity index (χ2n) is 9.17. The maximum Gasteiger partial charge on any atom is 0.410 e. The zero-order valence-electron chi connectivity index (χ0n) is 20.7. The number of carbonyl (C=O) groups is 1. The molecule has 1 aliphatic heterocycles. The Kier molecular flexibility index (Phi) is 9.04. The minimum absolute atomic E-state index is 0.167. The molecule has 3 aromatic carbocycles. The van der Waals surface area contributed by atoms with Crippen molar-refractivity contribution in [1.29, 1.82) is 0 Å². The number of carbonyl (C=O) groups excluding carboxylic acids is 1. The Hall–Kier alpha value is -2.84. The highest BCUT2D eigenvalue weighted by molar-refractivity contribution is 7.99. The normalized spacial score (nSPS) is 19.5. The SMILES string of the molecule is CC1(C)O[C@@H]([C@@H](CSc2ccccc2)N(Cc2ccccc2)C(=O)OCc2ccccc2)[C@H](CO)O1. The van der Waals surface area contributed by atoms with Crippen molar-refractivity contribution in [3.63, 3.8) is 0 Å². The summed E-state index contributed by atoms with van der Waals surface area (Å²) in [5.41, 5.74) is 1.89. The molecule has 0 bridgehead atoms. The Morgan fingerprint density at radius 1 is 0.944 bits per heavy atom. The van der Waals surface area contributed by atoms with Crippen LogP contribution < -0.4 is 0 Å². The maximum atomic E-state index is 13.6. The van der Waals surface area contributed by atoms with Gasteiger partial charge in [0.15, 0.2) is 5.79 Å². The van der Waals surface area contributed by atoms with Gasteiger partial charge < -0.3 is 19.3 Å². The molecule has 0 aromatic heterocycles. The van der Waals surface area contributed by atoms with Gasteiger partial charge in [0.2, 0.25) is 0 Å². The van der Waals surface area contributed by atoms with Gasteiger partial charge in [-0.2, -0.15) is 0 Å². The Labute approximate surface area is 217 Å². The largest absolute Gasteiger partial charge is 0.445 e. The Morgan fingerprint density at radius 2 is 1.53 bits per heavy atom. The molecule has 1 fully saturated rings. The predicted molar refractivity (Wildman–Crippen MR) is 140 cm³/mol. The first kappa shape index (κ1) is 26.2. The van der Waals surface area contributed by atoms with Crippen LogP contribution in [-0.2, 0) is 27.4 Å². The lowest BCUT2D eigenvalue weighted by Gasteiger charge is -2.36. The molecule has 1 N–H and O–H groups in total. The van der Waals surface area contributed by atoms with Crippen LogP contribution in [0.25, 0.3) is 0 Å². The summed E-state index contributed by atoms with van der Waals surface area (Å²) in [4.78, 5) is 16.4. The number of benzene rings is 3. The third-order valence-corrected chi connectivity index (χ3v) is 7.09. The molecular formula is C29H33NO5S. The first-order valence-corrected chi connectivity index (χ1v) is 13.1. The van der Waals surface area contributed by atoms with Gasteiger partial charge >= 0.3 is 6.09 Å². The van der Waals surface area contributed by atoms with Gasteiger partial charge in [-0.3, -0.25) is 4.90 Å². The molecule has 3 aromatic rings. The van der Waals surface area contributed by atoms with Crippen LogP contribution >= 0.6 is 11.8 Å². The number of thioether (sulfide) groups is 1. The highest BCUT2D eigenvalue weighted by Crippen LogP contribution is 2.34. The fraction of sp³-hybridized carbons (Fsp3) is 0.345. The molecule has 0 aliphatic carbocycles. The smallest absolute Gasteiger partial charge is 0.410 e. The first-order chi connectivity index (χ1) is 17.4. The van der Waals surface area contributed by atoms with Crippen LogP contribution in [-0.4, -0.2) is 52.5 Å². The van der Waals surface area contributed by atoms with Crippen molar-refractivity contribution in [2.45, 2.75) is 55.9 Å². The molecule has 0 saturated carbocycles. The van der Waals surface area contributed by atoms with Gasteiger partial charge in [-0.25, -0.2) is 4.79 Å². The number of aliphatic hydroxyl groups excluding tert-OH is 1. The zero-order valence-corrected chi connectivity index (χ0v) is 21.5. The molecule has 36 heavy (non-hydrogen) atoms. The number of hydrogen-bond acceptors (Lipinski definition) is 6. The Bertz CT molecular complexity index is 1080. The second kappa shape index (κ2) is 12.4. The summed E-state index contributed by atoms with van der Waals surface area (Å²) < 4.78 is 18.1. The second-order valence-corrected chi connectivity index (χ2v) is 10.3. The molecule has 6 nitrogen and oxygen atoms in total. The van der Waals surface area contributed by atoms with Crippen LogP contribution in [0.5, 0.6) is 0 Å². The molecule has 190 valence electrons. The average Bonchev–Trinajstić information content (AvgIpc) is 3.22. The number of amides is 1. The molecule has 0 spiro atoms. The summed E-state index contributed by atoms with van der Waals surface area (Å²) in [5.74, 6) is -0.335. The third-order valence-electron chi connectivity index (χ3n) is 5.98. The van der Waals surface area contributed by atoms with E-state index in [0.717, 1.165) is 16.0 Å². The summed E-state index contributed by atoms with van der Waals surface area (Å²) in [6.07, 6.45) is -1.54. The van der Waals surface area contributed by atoms with Crippen molar-refractivity contribution in [2.75, 3.05) is 12.4 Å². The van der Waals surface area contributed by atoms with E-state index in [4.69, 9.17) is 14.2 Å². The van der Waals surface area contributed by atoms with Crippen LogP contribution in [0.1, 0.15) is 25.0 Å². The van der Waals surface area contributed by atoms with E-state index in [-0.39, 0.29) is 13.2 Å². The first-order valence-electron chi connectivity index (χ1n) is 12.1. The van der Waals surface area contributed by atoms with Crippen molar-refractivity contribution in [2.24, 2.45) is 0 Å². The quantitative estimate of drug-likeness (QED) is 0.366. The summed E-state index contributed by atoms with van der Waals surface area (Å²) >= 11 is 1.63. The lowest BCUT2D eigenvalue weighted by atomic mass is 10.0. The van der Waals surface area contributed by atoms with Crippen molar-refractivity contribution < 1.29 is 24.1 Å². The molecule has 1 amide bonds. The van der Waals surface area contributed by atoms with Crippen molar-refractivity contribution in [3.8, 4) is 0 Å². The van der Waals surface area contributed by atoms with E-state index in [9.17, 15) is 9.90 Å². The molecule has 1 heterocycles. The minimum Gasteiger partial charge on any atom is -0.445 e. The minimum atomic E-state index is -0.875. The number of hydrogen-bond donors (Lipinski definition) is 1. The van der Waals surface area contributed by atoms with Crippen LogP contribution in [0.15, 0.2) is 95.9 Å². The van der Waals surface area contributed by atoms with Gasteiger partial charge in [-0.1, -0.05) is 78.9 Å². The van der Waals surface area contributed by atoms with Crippen LogP contribution in [0.2, 0.25) is 0 Å². The topological polar surface area (TPSA) is 68.2 Å². The summed E-state index contributed by atoms with van der Waals surface area (Å²) in [5, 5.41) is 10.1. The predicted octanol–water partition coefficient (Wildman–Crippen LogP) is 5.50. The maximum absolute atomic E-state index is 13.6. The highest BCUT2D eigenvalue weighted by atomic mass is 32.2. The van der Waals surface area contributed by atoms with Crippen molar-refractivity contribution >= 4 is 17.9 Å². The molecule has 3 atom stereocenters. The third kappa shape index (κ3) is 7.11. The van der Waals surface area contributed by atoms with E-state index < -0.39 is 30.1 Å². The molecule has 1 saturated heterocycles.